The van der Waals surface area contributed by atoms with Crippen LogP contribution >= 0.6 is 15.9 Å². The molecule has 0 saturated carbocycles. The number of halogens is 1. The Balaban J connectivity index is 3.44. The van der Waals surface area contributed by atoms with Crippen LogP contribution in [0.15, 0.2) is 0 Å². The monoisotopic (exact) mass is 223 g/mol. The second-order valence-electron chi connectivity index (χ2n) is 1.60. The zero-order chi connectivity index (χ0) is 8.69. The summed E-state index contributed by atoms with van der Waals surface area (Å²) < 4.78 is 4.40. The highest BCUT2D eigenvalue weighted by Crippen LogP contribution is 1.75. The number of carbonyl (C=O) groups is 1. The van der Waals surface area contributed by atoms with Gasteiger partial charge in [-0.15, -0.1) is 0 Å². The van der Waals surface area contributed by atoms with Crippen LogP contribution in [0.1, 0.15) is 0 Å². The maximum Gasteiger partial charge on any atom is 0.322 e. The minimum Gasteiger partial charge on any atom is -0.468 e. The first-order valence-corrected chi connectivity index (χ1v) is 4.06. The van der Waals surface area contributed by atoms with Crippen molar-refractivity contribution < 1.29 is 9.53 Å². The van der Waals surface area contributed by atoms with Crippen molar-refractivity contribution in [3.63, 3.8) is 0 Å². The molecule has 0 fully saturated rings. The van der Waals surface area contributed by atoms with Gasteiger partial charge < -0.3 is 10.1 Å². The molecular weight excluding hydrogens is 214 g/mol. The summed E-state index contributed by atoms with van der Waals surface area (Å²) in [6, 6.07) is -0.701. The molecule has 0 unspecified atom stereocenters. The second kappa shape index (κ2) is 5.96. The van der Waals surface area contributed by atoms with Crippen LogP contribution in [0.5, 0.6) is 0 Å². The van der Waals surface area contributed by atoms with Gasteiger partial charge >= 0.3 is 6.03 Å². The standard InChI is InChI=1S/C5H10BrN3O2/c1-11-4(7)9-5(10)8-3-2-6/h2-3H2,1H3,(H3,7,8,9,10). The molecule has 64 valence electrons. The van der Waals surface area contributed by atoms with Crippen molar-refractivity contribution >= 4 is 28.0 Å². The van der Waals surface area contributed by atoms with Crippen molar-refractivity contribution in [3.05, 3.63) is 0 Å². The van der Waals surface area contributed by atoms with Gasteiger partial charge in [-0.05, 0) is 0 Å². The Morgan fingerprint density at radius 3 is 2.82 bits per heavy atom. The van der Waals surface area contributed by atoms with E-state index in [9.17, 15) is 4.79 Å². The molecule has 0 aromatic rings. The SMILES string of the molecule is COC(=N)NC(=O)NCCBr. The normalized spacial score (nSPS) is 8.55. The molecule has 0 bridgehead atoms. The molecule has 0 radical (unpaired) electrons. The number of hydrogen-bond donors (Lipinski definition) is 3. The molecule has 0 spiro atoms. The molecule has 0 rings (SSSR count). The zero-order valence-corrected chi connectivity index (χ0v) is 7.69. The van der Waals surface area contributed by atoms with Crippen LogP contribution in [0.3, 0.4) is 0 Å². The molecule has 0 aliphatic heterocycles. The van der Waals surface area contributed by atoms with E-state index in [0.29, 0.717) is 11.9 Å². The summed E-state index contributed by atoms with van der Waals surface area (Å²) in [6.07, 6.45) is 0. The summed E-state index contributed by atoms with van der Waals surface area (Å²) in [7, 11) is 1.31. The molecule has 0 saturated heterocycles. The Morgan fingerprint density at radius 1 is 1.73 bits per heavy atom. The molecule has 2 amide bonds. The smallest absolute Gasteiger partial charge is 0.322 e. The van der Waals surface area contributed by atoms with Gasteiger partial charge in [0.25, 0.3) is 6.02 Å². The molecule has 0 aromatic carbocycles. The van der Waals surface area contributed by atoms with Crippen LogP contribution in [0.4, 0.5) is 4.79 Å². The van der Waals surface area contributed by atoms with Crippen molar-refractivity contribution in [2.45, 2.75) is 0 Å². The molecule has 6 heteroatoms. The predicted molar refractivity (Wildman–Crippen MR) is 45.1 cm³/mol. The van der Waals surface area contributed by atoms with E-state index in [0.717, 1.165) is 0 Å². The van der Waals surface area contributed by atoms with Crippen LogP contribution in [0.25, 0.3) is 0 Å². The maximum absolute atomic E-state index is 10.7. The van der Waals surface area contributed by atoms with Gasteiger partial charge in [0.05, 0.1) is 7.11 Å². The van der Waals surface area contributed by atoms with Gasteiger partial charge in [-0.1, -0.05) is 15.9 Å². The lowest BCUT2D eigenvalue weighted by Crippen LogP contribution is -2.40. The number of urea groups is 1. The fraction of sp³-hybridized carbons (Fsp3) is 0.600. The summed E-state index contributed by atoms with van der Waals surface area (Å²) >= 11 is 3.13. The molecule has 0 aliphatic carbocycles. The van der Waals surface area contributed by atoms with E-state index in [-0.39, 0.29) is 6.02 Å². The number of hydrogen-bond acceptors (Lipinski definition) is 3. The van der Waals surface area contributed by atoms with Crippen molar-refractivity contribution in [2.24, 2.45) is 0 Å². The Kier molecular flexibility index (Phi) is 5.54. The van der Waals surface area contributed by atoms with Crippen molar-refractivity contribution in [1.82, 2.24) is 10.6 Å². The second-order valence-corrected chi connectivity index (χ2v) is 2.40. The first-order valence-electron chi connectivity index (χ1n) is 2.94. The minimum absolute atomic E-state index is 0.267. The third kappa shape index (κ3) is 5.65. The molecule has 0 aliphatic rings. The summed E-state index contributed by atoms with van der Waals surface area (Å²) in [5.74, 6) is 0. The molecule has 11 heavy (non-hydrogen) atoms. The summed E-state index contributed by atoms with van der Waals surface area (Å²) in [4.78, 5) is 10.7. The average molecular weight is 224 g/mol. The molecule has 0 aromatic heterocycles. The molecule has 5 nitrogen and oxygen atoms in total. The fourth-order valence-electron chi connectivity index (χ4n) is 0.359. The highest BCUT2D eigenvalue weighted by atomic mass is 79.9. The molecular formula is C5H10BrN3O2. The van der Waals surface area contributed by atoms with E-state index in [2.05, 4.69) is 31.3 Å². The van der Waals surface area contributed by atoms with Crippen molar-refractivity contribution in [2.75, 3.05) is 19.0 Å². The summed E-state index contributed by atoms with van der Waals surface area (Å²) in [5.41, 5.74) is 0. The lowest BCUT2D eigenvalue weighted by Gasteiger charge is -2.04. The largest absolute Gasteiger partial charge is 0.468 e. The Morgan fingerprint density at radius 2 is 2.36 bits per heavy atom. The Hall–Kier alpha value is -0.780. The number of ether oxygens (including phenoxy) is 1. The quantitative estimate of drug-likeness (QED) is 0.357. The Labute approximate surface area is 73.1 Å². The number of rotatable bonds is 2. The van der Waals surface area contributed by atoms with Gasteiger partial charge in [0.2, 0.25) is 0 Å². The van der Waals surface area contributed by atoms with Crippen LogP contribution in [-0.4, -0.2) is 31.0 Å². The topological polar surface area (TPSA) is 74.2 Å². The molecule has 0 atom stereocenters. The van der Waals surface area contributed by atoms with Gasteiger partial charge in [-0.25, -0.2) is 4.79 Å². The first-order chi connectivity index (χ1) is 5.20. The molecule has 3 N–H and O–H groups in total. The third-order valence-electron chi connectivity index (χ3n) is 0.811. The van der Waals surface area contributed by atoms with E-state index in [1.54, 1.807) is 0 Å². The summed E-state index contributed by atoms with van der Waals surface area (Å²) in [5, 5.41) is 12.2. The van der Waals surface area contributed by atoms with Gasteiger partial charge in [-0.3, -0.25) is 10.7 Å². The number of alkyl halides is 1. The van der Waals surface area contributed by atoms with Crippen molar-refractivity contribution in [1.29, 1.82) is 5.41 Å². The van der Waals surface area contributed by atoms with Gasteiger partial charge in [0, 0.05) is 11.9 Å². The predicted octanol–water partition coefficient (Wildman–Crippen LogP) is 0.262. The van der Waals surface area contributed by atoms with E-state index < -0.39 is 6.03 Å². The number of nitrogens with one attached hydrogen (secondary N) is 3. The van der Waals surface area contributed by atoms with Gasteiger partial charge in [-0.2, -0.15) is 0 Å². The molecule has 0 heterocycles. The number of amidine groups is 1. The number of carbonyl (C=O) groups excluding carboxylic acids is 1. The maximum atomic E-state index is 10.7. The van der Waals surface area contributed by atoms with Crippen molar-refractivity contribution in [3.8, 4) is 0 Å². The summed E-state index contributed by atoms with van der Waals surface area (Å²) in [6.45, 7) is 0.517. The lowest BCUT2D eigenvalue weighted by molar-refractivity contribution is 0.242. The lowest BCUT2D eigenvalue weighted by atomic mass is 10.7. The van der Waals surface area contributed by atoms with Crippen LogP contribution < -0.4 is 10.6 Å². The van der Waals surface area contributed by atoms with Gasteiger partial charge in [0.15, 0.2) is 0 Å². The van der Waals surface area contributed by atoms with E-state index in [4.69, 9.17) is 5.41 Å². The highest BCUT2D eigenvalue weighted by Gasteiger charge is 2.00. The van der Waals surface area contributed by atoms with E-state index in [1.165, 1.54) is 7.11 Å². The average Bonchev–Trinajstić information content (AvgIpc) is 2.00. The van der Waals surface area contributed by atoms with Crippen LogP contribution in [0, 0.1) is 5.41 Å². The van der Waals surface area contributed by atoms with Gasteiger partial charge in [0.1, 0.15) is 0 Å². The number of methoxy groups -OCH3 is 1. The number of amides is 2. The van der Waals surface area contributed by atoms with E-state index >= 15 is 0 Å². The minimum atomic E-state index is -0.434. The third-order valence-corrected chi connectivity index (χ3v) is 1.21. The van der Waals surface area contributed by atoms with Crippen LogP contribution in [0.2, 0.25) is 0 Å². The zero-order valence-electron chi connectivity index (χ0n) is 6.11. The van der Waals surface area contributed by atoms with E-state index in [1.807, 2.05) is 0 Å². The Bertz CT molecular complexity index is 151. The van der Waals surface area contributed by atoms with Crippen LogP contribution in [-0.2, 0) is 4.74 Å². The first kappa shape index (κ1) is 10.2. The fourth-order valence-corrected chi connectivity index (χ4v) is 0.557. The highest BCUT2D eigenvalue weighted by molar-refractivity contribution is 9.09.